The molecule has 0 unspecified atom stereocenters. The Hall–Kier alpha value is -1.39. The number of amides is 1. The summed E-state index contributed by atoms with van der Waals surface area (Å²) in [6.07, 6.45) is -0.134. The number of nitrogens with two attached hydrogens (primary N) is 1. The van der Waals surface area contributed by atoms with Gasteiger partial charge < -0.3 is 15.8 Å². The molecule has 80 valence electrons. The number of carbonyl (C=O) groups excluding carboxylic acids is 1. The smallest absolute Gasteiger partial charge is 0.246 e. The van der Waals surface area contributed by atoms with Crippen molar-refractivity contribution in [2.75, 3.05) is 13.2 Å². The van der Waals surface area contributed by atoms with Crippen LogP contribution in [0.4, 0.5) is 0 Å². The van der Waals surface area contributed by atoms with Crippen LogP contribution in [0.2, 0.25) is 0 Å². The maximum absolute atomic E-state index is 11.2. The molecule has 1 heterocycles. The predicted molar refractivity (Wildman–Crippen MR) is 56.1 cm³/mol. The molecule has 1 saturated heterocycles. The Kier molecular flexibility index (Phi) is 2.99. The molecular formula is C11H14N2O2. The van der Waals surface area contributed by atoms with Gasteiger partial charge in [-0.3, -0.25) is 4.79 Å². The van der Waals surface area contributed by atoms with Gasteiger partial charge in [-0.1, -0.05) is 30.3 Å². The van der Waals surface area contributed by atoms with E-state index >= 15 is 0 Å². The lowest BCUT2D eigenvalue weighted by Crippen LogP contribution is -2.48. The van der Waals surface area contributed by atoms with Gasteiger partial charge in [-0.15, -0.1) is 0 Å². The first kappa shape index (κ1) is 10.1. The number of morpholine rings is 1. The van der Waals surface area contributed by atoms with E-state index in [1.54, 1.807) is 0 Å². The zero-order valence-corrected chi connectivity index (χ0v) is 8.35. The fraction of sp³-hybridized carbons (Fsp3) is 0.364. The molecule has 0 radical (unpaired) electrons. The summed E-state index contributed by atoms with van der Waals surface area (Å²) in [5, 5.41) is 2.89. The van der Waals surface area contributed by atoms with Gasteiger partial charge in [0.1, 0.15) is 6.61 Å². The highest BCUT2D eigenvalue weighted by Gasteiger charge is 2.29. The van der Waals surface area contributed by atoms with Crippen molar-refractivity contribution in [3.8, 4) is 0 Å². The third-order valence-corrected chi connectivity index (χ3v) is 2.51. The standard InChI is InChI=1S/C11H14N2O2/c12-6-9-11(13-10(14)7-15-9)8-4-2-1-3-5-8/h1-5,9,11H,6-7,12H2,(H,13,14)/t9-,11+/m0/s1. The van der Waals surface area contributed by atoms with Crippen molar-refractivity contribution < 1.29 is 9.53 Å². The van der Waals surface area contributed by atoms with Crippen molar-refractivity contribution in [3.05, 3.63) is 35.9 Å². The zero-order valence-electron chi connectivity index (χ0n) is 8.35. The Labute approximate surface area is 88.4 Å². The maximum atomic E-state index is 11.2. The Morgan fingerprint density at radius 2 is 2.13 bits per heavy atom. The quantitative estimate of drug-likeness (QED) is 0.726. The number of carbonyl (C=O) groups is 1. The van der Waals surface area contributed by atoms with Crippen LogP contribution in [0.25, 0.3) is 0 Å². The van der Waals surface area contributed by atoms with Crippen LogP contribution in [0.1, 0.15) is 11.6 Å². The molecule has 2 rings (SSSR count). The lowest BCUT2D eigenvalue weighted by Gasteiger charge is -2.31. The number of benzene rings is 1. The third kappa shape index (κ3) is 2.16. The molecule has 2 atom stereocenters. The van der Waals surface area contributed by atoms with E-state index in [-0.39, 0.29) is 24.7 Å². The minimum absolute atomic E-state index is 0.0893. The number of hydrogen-bond acceptors (Lipinski definition) is 3. The molecule has 0 aliphatic carbocycles. The van der Waals surface area contributed by atoms with E-state index in [1.165, 1.54) is 0 Å². The Balaban J connectivity index is 2.21. The molecule has 0 aromatic heterocycles. The summed E-state index contributed by atoms with van der Waals surface area (Å²) in [6.45, 7) is 0.505. The fourth-order valence-corrected chi connectivity index (χ4v) is 1.75. The predicted octanol–water partition coefficient (Wildman–Crippen LogP) is 0.201. The fourth-order valence-electron chi connectivity index (χ4n) is 1.75. The lowest BCUT2D eigenvalue weighted by molar-refractivity contribution is -0.136. The van der Waals surface area contributed by atoms with Crippen LogP contribution in [0.5, 0.6) is 0 Å². The molecule has 0 bridgehead atoms. The van der Waals surface area contributed by atoms with E-state index in [4.69, 9.17) is 10.5 Å². The zero-order chi connectivity index (χ0) is 10.7. The van der Waals surface area contributed by atoms with Crippen LogP contribution in [-0.2, 0) is 9.53 Å². The van der Waals surface area contributed by atoms with Gasteiger partial charge in [-0.05, 0) is 5.56 Å². The summed E-state index contributed by atoms with van der Waals surface area (Å²) in [6, 6.07) is 9.60. The molecule has 15 heavy (non-hydrogen) atoms. The van der Waals surface area contributed by atoms with Gasteiger partial charge in [0.2, 0.25) is 5.91 Å². The lowest BCUT2D eigenvalue weighted by atomic mass is 10.00. The monoisotopic (exact) mass is 206 g/mol. The van der Waals surface area contributed by atoms with E-state index in [0.29, 0.717) is 6.54 Å². The second-order valence-corrected chi connectivity index (χ2v) is 3.54. The molecule has 3 N–H and O–H groups in total. The van der Waals surface area contributed by atoms with Crippen LogP contribution in [-0.4, -0.2) is 25.2 Å². The largest absolute Gasteiger partial charge is 0.365 e. The Bertz CT molecular complexity index is 340. The van der Waals surface area contributed by atoms with E-state index in [0.717, 1.165) is 5.56 Å². The first-order valence-electron chi connectivity index (χ1n) is 4.97. The highest BCUT2D eigenvalue weighted by molar-refractivity contribution is 5.78. The first-order valence-corrected chi connectivity index (χ1v) is 4.97. The topological polar surface area (TPSA) is 64.3 Å². The van der Waals surface area contributed by atoms with Crippen molar-refractivity contribution in [2.45, 2.75) is 12.1 Å². The van der Waals surface area contributed by atoms with Crippen LogP contribution in [0.15, 0.2) is 30.3 Å². The van der Waals surface area contributed by atoms with Crippen LogP contribution < -0.4 is 11.1 Å². The molecule has 1 aliphatic heterocycles. The average molecular weight is 206 g/mol. The molecule has 0 spiro atoms. The molecular weight excluding hydrogens is 192 g/mol. The van der Waals surface area contributed by atoms with Crippen LogP contribution in [0, 0.1) is 0 Å². The van der Waals surface area contributed by atoms with Gasteiger partial charge in [0, 0.05) is 6.54 Å². The summed E-state index contributed by atoms with van der Waals surface area (Å²) in [4.78, 5) is 11.2. The molecule has 1 aromatic rings. The van der Waals surface area contributed by atoms with Gasteiger partial charge >= 0.3 is 0 Å². The molecule has 1 amide bonds. The summed E-state index contributed by atoms with van der Waals surface area (Å²) in [7, 11) is 0. The van der Waals surface area contributed by atoms with Gasteiger partial charge in [0.05, 0.1) is 12.1 Å². The van der Waals surface area contributed by atoms with Crippen molar-refractivity contribution in [3.63, 3.8) is 0 Å². The minimum atomic E-state index is -0.134. The summed E-state index contributed by atoms with van der Waals surface area (Å²) < 4.78 is 5.37. The highest BCUT2D eigenvalue weighted by atomic mass is 16.5. The second-order valence-electron chi connectivity index (χ2n) is 3.54. The van der Waals surface area contributed by atoms with Crippen LogP contribution in [0.3, 0.4) is 0 Å². The van der Waals surface area contributed by atoms with Gasteiger partial charge in [0.15, 0.2) is 0 Å². The molecule has 1 aliphatic rings. The maximum Gasteiger partial charge on any atom is 0.246 e. The summed E-state index contributed by atoms with van der Waals surface area (Å²) in [5.41, 5.74) is 6.63. The number of rotatable bonds is 2. The van der Waals surface area contributed by atoms with Crippen molar-refractivity contribution in [1.82, 2.24) is 5.32 Å². The molecule has 1 fully saturated rings. The summed E-state index contributed by atoms with van der Waals surface area (Å²) in [5.74, 6) is -0.0893. The average Bonchev–Trinajstić information content (AvgIpc) is 2.30. The Morgan fingerprint density at radius 1 is 1.40 bits per heavy atom. The third-order valence-electron chi connectivity index (χ3n) is 2.51. The number of hydrogen-bond donors (Lipinski definition) is 2. The molecule has 0 saturated carbocycles. The molecule has 4 nitrogen and oxygen atoms in total. The normalized spacial score (nSPS) is 26.1. The molecule has 1 aromatic carbocycles. The SMILES string of the molecule is NC[C@@H]1OCC(=O)N[C@@H]1c1ccccc1. The van der Waals surface area contributed by atoms with E-state index in [1.807, 2.05) is 30.3 Å². The van der Waals surface area contributed by atoms with Crippen molar-refractivity contribution >= 4 is 5.91 Å². The van der Waals surface area contributed by atoms with Gasteiger partial charge in [-0.25, -0.2) is 0 Å². The first-order chi connectivity index (χ1) is 7.31. The Morgan fingerprint density at radius 3 is 2.80 bits per heavy atom. The van der Waals surface area contributed by atoms with Gasteiger partial charge in [0.25, 0.3) is 0 Å². The van der Waals surface area contributed by atoms with E-state index < -0.39 is 0 Å². The second kappa shape index (κ2) is 4.42. The number of nitrogens with one attached hydrogen (secondary N) is 1. The highest BCUT2D eigenvalue weighted by Crippen LogP contribution is 2.21. The summed E-state index contributed by atoms with van der Waals surface area (Å²) >= 11 is 0. The van der Waals surface area contributed by atoms with E-state index in [2.05, 4.69) is 5.32 Å². The number of ether oxygens (including phenoxy) is 1. The van der Waals surface area contributed by atoms with Crippen LogP contribution >= 0.6 is 0 Å². The van der Waals surface area contributed by atoms with Crippen molar-refractivity contribution in [1.29, 1.82) is 0 Å². The van der Waals surface area contributed by atoms with Crippen molar-refractivity contribution in [2.24, 2.45) is 5.73 Å². The van der Waals surface area contributed by atoms with E-state index in [9.17, 15) is 4.79 Å². The van der Waals surface area contributed by atoms with Gasteiger partial charge in [-0.2, -0.15) is 0 Å². The minimum Gasteiger partial charge on any atom is -0.365 e. The molecule has 4 heteroatoms.